The third kappa shape index (κ3) is 3.96. The molecule has 5 nitrogen and oxygen atoms in total. The number of nitrogens with zero attached hydrogens (tertiary/aromatic N) is 3. The average molecular weight is 376 g/mol. The Morgan fingerprint density at radius 3 is 2.92 bits per heavy atom. The number of benzene rings is 1. The molecule has 2 aromatic heterocycles. The molecule has 0 aliphatic rings. The van der Waals surface area contributed by atoms with Gasteiger partial charge in [-0.15, -0.1) is 11.3 Å². The van der Waals surface area contributed by atoms with Crippen molar-refractivity contribution in [1.82, 2.24) is 20.1 Å². The highest BCUT2D eigenvalue weighted by atomic mass is 32.1. The van der Waals surface area contributed by atoms with Crippen LogP contribution in [0.3, 0.4) is 0 Å². The van der Waals surface area contributed by atoms with E-state index in [0.29, 0.717) is 22.9 Å². The molecule has 0 unspecified atom stereocenters. The lowest BCUT2D eigenvalue weighted by Gasteiger charge is -2.11. The van der Waals surface area contributed by atoms with Crippen molar-refractivity contribution in [2.24, 2.45) is 0 Å². The SMILES string of the molecule is CCCNC(=O)c1csc(-c2cnn(-c3cccc(C(C)(F)F)c3)c2)n1. The van der Waals surface area contributed by atoms with E-state index in [1.165, 1.54) is 28.2 Å². The molecule has 0 radical (unpaired) electrons. The van der Waals surface area contributed by atoms with Crippen LogP contribution in [0.2, 0.25) is 0 Å². The summed E-state index contributed by atoms with van der Waals surface area (Å²) in [4.78, 5) is 16.3. The normalized spacial score (nSPS) is 11.5. The van der Waals surface area contributed by atoms with Gasteiger partial charge in [-0.25, -0.2) is 18.4 Å². The van der Waals surface area contributed by atoms with Gasteiger partial charge in [-0.1, -0.05) is 19.1 Å². The molecule has 3 aromatic rings. The number of halogens is 2. The molecule has 0 spiro atoms. The average Bonchev–Trinajstić information content (AvgIpc) is 3.28. The monoisotopic (exact) mass is 376 g/mol. The van der Waals surface area contributed by atoms with E-state index >= 15 is 0 Å². The molecule has 8 heteroatoms. The van der Waals surface area contributed by atoms with Crippen molar-refractivity contribution in [3.63, 3.8) is 0 Å². The van der Waals surface area contributed by atoms with Crippen LogP contribution in [0.5, 0.6) is 0 Å². The van der Waals surface area contributed by atoms with Crippen LogP contribution in [0, 0.1) is 0 Å². The van der Waals surface area contributed by atoms with Gasteiger partial charge in [-0.3, -0.25) is 4.79 Å². The number of amides is 1. The molecule has 2 heterocycles. The Kier molecular flexibility index (Phi) is 5.13. The Hall–Kier alpha value is -2.61. The Balaban J connectivity index is 1.83. The fourth-order valence-electron chi connectivity index (χ4n) is 2.34. The summed E-state index contributed by atoms with van der Waals surface area (Å²) < 4.78 is 28.5. The third-order valence-electron chi connectivity index (χ3n) is 3.72. The van der Waals surface area contributed by atoms with Gasteiger partial charge in [-0.05, 0) is 18.6 Å². The smallest absolute Gasteiger partial charge is 0.270 e. The van der Waals surface area contributed by atoms with E-state index in [-0.39, 0.29) is 11.5 Å². The number of nitrogens with one attached hydrogen (secondary N) is 1. The van der Waals surface area contributed by atoms with Crippen LogP contribution in [0.4, 0.5) is 8.78 Å². The van der Waals surface area contributed by atoms with Crippen molar-refractivity contribution in [1.29, 1.82) is 0 Å². The van der Waals surface area contributed by atoms with Gasteiger partial charge in [0.05, 0.1) is 11.9 Å². The van der Waals surface area contributed by atoms with E-state index in [1.807, 2.05) is 6.92 Å². The lowest BCUT2D eigenvalue weighted by atomic mass is 10.1. The topological polar surface area (TPSA) is 59.8 Å². The van der Waals surface area contributed by atoms with E-state index in [1.54, 1.807) is 29.9 Å². The molecule has 0 saturated heterocycles. The predicted molar refractivity (Wildman–Crippen MR) is 96.9 cm³/mol. The van der Waals surface area contributed by atoms with E-state index in [9.17, 15) is 13.6 Å². The van der Waals surface area contributed by atoms with E-state index in [0.717, 1.165) is 18.9 Å². The van der Waals surface area contributed by atoms with E-state index in [4.69, 9.17) is 0 Å². The lowest BCUT2D eigenvalue weighted by Crippen LogP contribution is -2.24. The van der Waals surface area contributed by atoms with Crippen LogP contribution < -0.4 is 5.32 Å². The maximum Gasteiger partial charge on any atom is 0.270 e. The second-order valence-electron chi connectivity index (χ2n) is 5.91. The van der Waals surface area contributed by atoms with Gasteiger partial charge in [-0.2, -0.15) is 5.10 Å². The van der Waals surface area contributed by atoms with Crippen LogP contribution in [0.1, 0.15) is 36.3 Å². The summed E-state index contributed by atoms with van der Waals surface area (Å²) in [5, 5.41) is 9.34. The quantitative estimate of drug-likeness (QED) is 0.700. The summed E-state index contributed by atoms with van der Waals surface area (Å²) in [5.74, 6) is -3.12. The molecule has 1 N–H and O–H groups in total. The summed E-state index contributed by atoms with van der Waals surface area (Å²) in [6, 6.07) is 6.07. The van der Waals surface area contributed by atoms with Gasteiger partial charge in [0.2, 0.25) is 0 Å². The van der Waals surface area contributed by atoms with Gasteiger partial charge >= 0.3 is 0 Å². The highest BCUT2D eigenvalue weighted by Gasteiger charge is 2.24. The lowest BCUT2D eigenvalue weighted by molar-refractivity contribution is 0.0174. The molecule has 0 aliphatic heterocycles. The van der Waals surface area contributed by atoms with Crippen LogP contribution >= 0.6 is 11.3 Å². The minimum Gasteiger partial charge on any atom is -0.351 e. The molecule has 26 heavy (non-hydrogen) atoms. The number of hydrogen-bond acceptors (Lipinski definition) is 4. The van der Waals surface area contributed by atoms with Crippen LogP contribution in [0.25, 0.3) is 16.3 Å². The van der Waals surface area contributed by atoms with Crippen molar-refractivity contribution in [2.75, 3.05) is 6.54 Å². The molecular formula is C18H18F2N4OS. The third-order valence-corrected chi connectivity index (χ3v) is 4.61. The molecule has 0 fully saturated rings. The summed E-state index contributed by atoms with van der Waals surface area (Å²) in [5.41, 5.74) is 1.54. The first kappa shape index (κ1) is 18.2. The number of aromatic nitrogens is 3. The minimum absolute atomic E-state index is 0.0730. The zero-order valence-electron chi connectivity index (χ0n) is 14.4. The van der Waals surface area contributed by atoms with Gasteiger partial charge in [0.15, 0.2) is 0 Å². The maximum absolute atomic E-state index is 13.5. The second kappa shape index (κ2) is 7.33. The number of carbonyl (C=O) groups excluding carboxylic acids is 1. The Bertz CT molecular complexity index is 914. The zero-order valence-corrected chi connectivity index (χ0v) is 15.2. The first-order chi connectivity index (χ1) is 12.4. The molecule has 0 saturated carbocycles. The number of carbonyl (C=O) groups is 1. The molecule has 1 aromatic carbocycles. The highest BCUT2D eigenvalue weighted by molar-refractivity contribution is 7.13. The molecule has 0 aliphatic carbocycles. The fourth-order valence-corrected chi connectivity index (χ4v) is 3.11. The first-order valence-electron chi connectivity index (χ1n) is 8.16. The number of rotatable bonds is 6. The van der Waals surface area contributed by atoms with Crippen LogP contribution in [-0.4, -0.2) is 27.2 Å². The molecule has 1 amide bonds. The first-order valence-corrected chi connectivity index (χ1v) is 9.04. The molecule has 0 bridgehead atoms. The summed E-state index contributed by atoms with van der Waals surface area (Å²) in [7, 11) is 0. The molecule has 0 atom stereocenters. The molecule has 136 valence electrons. The molecule has 3 rings (SSSR count). The maximum atomic E-state index is 13.5. The summed E-state index contributed by atoms with van der Waals surface area (Å²) in [6.07, 6.45) is 4.16. The van der Waals surface area contributed by atoms with Crippen molar-refractivity contribution < 1.29 is 13.6 Å². The van der Waals surface area contributed by atoms with Crippen molar-refractivity contribution in [3.8, 4) is 16.3 Å². The summed E-state index contributed by atoms with van der Waals surface area (Å²) >= 11 is 1.34. The zero-order chi connectivity index (χ0) is 18.7. The van der Waals surface area contributed by atoms with Gasteiger partial charge < -0.3 is 5.32 Å². The van der Waals surface area contributed by atoms with Gasteiger partial charge in [0, 0.05) is 36.2 Å². The van der Waals surface area contributed by atoms with Gasteiger partial charge in [0.1, 0.15) is 10.7 Å². The summed E-state index contributed by atoms with van der Waals surface area (Å²) in [6.45, 7) is 3.44. The number of hydrogen-bond donors (Lipinski definition) is 1. The number of alkyl halides is 2. The predicted octanol–water partition coefficient (Wildman–Crippen LogP) is 4.25. The van der Waals surface area contributed by atoms with E-state index in [2.05, 4.69) is 15.4 Å². The van der Waals surface area contributed by atoms with E-state index < -0.39 is 5.92 Å². The standard InChI is InChI=1S/C18H18F2N4OS/c1-3-7-21-16(25)15-11-26-17(23-15)12-9-22-24(10-12)14-6-4-5-13(8-14)18(2,19)20/h4-6,8-11H,3,7H2,1-2H3,(H,21,25). The second-order valence-corrected chi connectivity index (χ2v) is 6.76. The fraction of sp³-hybridized carbons (Fsp3) is 0.278. The van der Waals surface area contributed by atoms with Crippen LogP contribution in [0.15, 0.2) is 42.0 Å². The Labute approximate surface area is 153 Å². The highest BCUT2D eigenvalue weighted by Crippen LogP contribution is 2.29. The minimum atomic E-state index is -2.91. The van der Waals surface area contributed by atoms with Crippen molar-refractivity contribution >= 4 is 17.2 Å². The largest absolute Gasteiger partial charge is 0.351 e. The van der Waals surface area contributed by atoms with Crippen LogP contribution in [-0.2, 0) is 5.92 Å². The van der Waals surface area contributed by atoms with Crippen molar-refractivity contribution in [3.05, 3.63) is 53.3 Å². The number of thiazole rings is 1. The Morgan fingerprint density at radius 2 is 2.19 bits per heavy atom. The van der Waals surface area contributed by atoms with Gasteiger partial charge in [0.25, 0.3) is 11.8 Å². The van der Waals surface area contributed by atoms with Crippen molar-refractivity contribution in [2.45, 2.75) is 26.2 Å². The molecular weight excluding hydrogens is 358 g/mol. The Morgan fingerprint density at radius 1 is 1.38 bits per heavy atom.